The van der Waals surface area contributed by atoms with Gasteiger partial charge >= 0.3 is 0 Å². The van der Waals surface area contributed by atoms with Crippen molar-refractivity contribution in [3.8, 4) is 0 Å². The van der Waals surface area contributed by atoms with Gasteiger partial charge in [-0.2, -0.15) is 0 Å². The predicted octanol–water partition coefficient (Wildman–Crippen LogP) is -1.82. The fourth-order valence-corrected chi connectivity index (χ4v) is 1.48. The van der Waals surface area contributed by atoms with Gasteiger partial charge in [-0.25, -0.2) is 0 Å². The van der Waals surface area contributed by atoms with Gasteiger partial charge in [0.15, 0.2) is 6.29 Å². The standard InChI is InChI=1S/C9H19NO5/c1-2-3-14-9-8(13)7(12)6(11)5(4-10)15-9/h5-9,11-13H,2-4,10H2,1H3. The van der Waals surface area contributed by atoms with Crippen LogP contribution in [-0.2, 0) is 9.47 Å². The van der Waals surface area contributed by atoms with Gasteiger partial charge in [0, 0.05) is 13.2 Å². The van der Waals surface area contributed by atoms with E-state index in [0.717, 1.165) is 6.42 Å². The van der Waals surface area contributed by atoms with Gasteiger partial charge in [0.2, 0.25) is 0 Å². The Hall–Kier alpha value is -0.240. The number of aliphatic hydroxyl groups excluding tert-OH is 3. The summed E-state index contributed by atoms with van der Waals surface area (Å²) in [6.07, 6.45) is -4.55. The minimum Gasteiger partial charge on any atom is -0.388 e. The number of hydrogen-bond acceptors (Lipinski definition) is 6. The van der Waals surface area contributed by atoms with Crippen molar-refractivity contribution in [2.24, 2.45) is 5.73 Å². The molecule has 6 nitrogen and oxygen atoms in total. The average Bonchev–Trinajstić information content (AvgIpc) is 2.25. The SMILES string of the molecule is CCCOC1OC(CN)C(O)C(O)C1O. The zero-order valence-corrected chi connectivity index (χ0v) is 8.74. The Kier molecular flexibility index (Phi) is 4.91. The Morgan fingerprint density at radius 2 is 1.87 bits per heavy atom. The molecule has 1 rings (SSSR count). The molecule has 1 aliphatic rings. The summed E-state index contributed by atoms with van der Waals surface area (Å²) in [6.45, 7) is 2.40. The molecule has 0 saturated carbocycles. The maximum absolute atomic E-state index is 9.55. The Balaban J connectivity index is 2.57. The van der Waals surface area contributed by atoms with Gasteiger partial charge in [-0.05, 0) is 6.42 Å². The van der Waals surface area contributed by atoms with Crippen LogP contribution in [0.25, 0.3) is 0 Å². The second kappa shape index (κ2) is 5.74. The lowest BCUT2D eigenvalue weighted by atomic mass is 9.99. The van der Waals surface area contributed by atoms with E-state index in [-0.39, 0.29) is 6.54 Å². The third-order valence-corrected chi connectivity index (χ3v) is 2.39. The van der Waals surface area contributed by atoms with Crippen LogP contribution >= 0.6 is 0 Å². The molecule has 15 heavy (non-hydrogen) atoms. The summed E-state index contributed by atoms with van der Waals surface area (Å²) in [7, 11) is 0. The maximum atomic E-state index is 9.55. The minimum absolute atomic E-state index is 0.0664. The highest BCUT2D eigenvalue weighted by Gasteiger charge is 2.43. The Morgan fingerprint density at radius 1 is 1.20 bits per heavy atom. The number of hydrogen-bond donors (Lipinski definition) is 4. The zero-order valence-electron chi connectivity index (χ0n) is 8.74. The number of ether oxygens (including phenoxy) is 2. The fraction of sp³-hybridized carbons (Fsp3) is 1.00. The first-order chi connectivity index (χ1) is 7.11. The van der Waals surface area contributed by atoms with Gasteiger partial charge in [-0.3, -0.25) is 0 Å². The monoisotopic (exact) mass is 221 g/mol. The summed E-state index contributed by atoms with van der Waals surface area (Å²) in [4.78, 5) is 0. The summed E-state index contributed by atoms with van der Waals surface area (Å²) in [5.41, 5.74) is 5.36. The van der Waals surface area contributed by atoms with Gasteiger partial charge < -0.3 is 30.5 Å². The number of rotatable bonds is 4. The third-order valence-electron chi connectivity index (χ3n) is 2.39. The molecule has 0 amide bonds. The number of nitrogens with two attached hydrogens (primary N) is 1. The Labute approximate surface area is 88.6 Å². The second-order valence-electron chi connectivity index (χ2n) is 3.62. The van der Waals surface area contributed by atoms with Gasteiger partial charge in [-0.15, -0.1) is 0 Å². The van der Waals surface area contributed by atoms with E-state index >= 15 is 0 Å². The molecule has 5 N–H and O–H groups in total. The third kappa shape index (κ3) is 2.87. The first-order valence-corrected chi connectivity index (χ1v) is 5.13. The average molecular weight is 221 g/mol. The van der Waals surface area contributed by atoms with Crippen molar-refractivity contribution >= 4 is 0 Å². The van der Waals surface area contributed by atoms with Crippen LogP contribution in [0, 0.1) is 0 Å². The molecule has 6 heteroatoms. The summed E-state index contributed by atoms with van der Waals surface area (Å²) in [5, 5.41) is 28.5. The molecule has 5 atom stereocenters. The van der Waals surface area contributed by atoms with Crippen molar-refractivity contribution in [2.75, 3.05) is 13.2 Å². The molecule has 1 fully saturated rings. The van der Waals surface area contributed by atoms with E-state index < -0.39 is 30.7 Å². The maximum Gasteiger partial charge on any atom is 0.186 e. The Bertz CT molecular complexity index is 189. The van der Waals surface area contributed by atoms with Crippen LogP contribution in [0.5, 0.6) is 0 Å². The van der Waals surface area contributed by atoms with Gasteiger partial charge in [0.1, 0.15) is 24.4 Å². The van der Waals surface area contributed by atoms with Crippen LogP contribution in [0.1, 0.15) is 13.3 Å². The molecule has 0 spiro atoms. The molecule has 1 heterocycles. The first-order valence-electron chi connectivity index (χ1n) is 5.13. The highest BCUT2D eigenvalue weighted by molar-refractivity contribution is 4.89. The van der Waals surface area contributed by atoms with E-state index in [2.05, 4.69) is 0 Å². The molecular weight excluding hydrogens is 202 g/mol. The molecule has 0 aliphatic carbocycles. The molecule has 0 aromatic carbocycles. The minimum atomic E-state index is -1.28. The van der Waals surface area contributed by atoms with Gasteiger partial charge in [0.05, 0.1) is 0 Å². The summed E-state index contributed by atoms with van der Waals surface area (Å²) in [5.74, 6) is 0. The van der Waals surface area contributed by atoms with Crippen LogP contribution in [0.15, 0.2) is 0 Å². The topological polar surface area (TPSA) is 105 Å². The molecule has 0 aromatic heterocycles. The zero-order chi connectivity index (χ0) is 11.4. The molecule has 5 unspecified atom stereocenters. The molecule has 90 valence electrons. The van der Waals surface area contributed by atoms with Crippen molar-refractivity contribution in [3.63, 3.8) is 0 Å². The van der Waals surface area contributed by atoms with E-state index in [9.17, 15) is 15.3 Å². The fourth-order valence-electron chi connectivity index (χ4n) is 1.48. The van der Waals surface area contributed by atoms with Crippen molar-refractivity contribution in [1.82, 2.24) is 0 Å². The van der Waals surface area contributed by atoms with E-state index in [1.807, 2.05) is 6.92 Å². The molecular formula is C9H19NO5. The summed E-state index contributed by atoms with van der Waals surface area (Å²) >= 11 is 0. The Morgan fingerprint density at radius 3 is 2.40 bits per heavy atom. The predicted molar refractivity (Wildman–Crippen MR) is 52.0 cm³/mol. The second-order valence-corrected chi connectivity index (χ2v) is 3.62. The lowest BCUT2D eigenvalue weighted by molar-refractivity contribution is -0.294. The van der Waals surface area contributed by atoms with Crippen molar-refractivity contribution in [3.05, 3.63) is 0 Å². The summed E-state index contributed by atoms with van der Waals surface area (Å²) < 4.78 is 10.4. The molecule has 0 radical (unpaired) electrons. The molecule has 1 aliphatic heterocycles. The van der Waals surface area contributed by atoms with Crippen molar-refractivity contribution in [2.45, 2.75) is 44.1 Å². The largest absolute Gasteiger partial charge is 0.388 e. The summed E-state index contributed by atoms with van der Waals surface area (Å²) in [6, 6.07) is 0. The van der Waals surface area contributed by atoms with Crippen LogP contribution in [-0.4, -0.2) is 59.2 Å². The highest BCUT2D eigenvalue weighted by atomic mass is 16.7. The van der Waals surface area contributed by atoms with Crippen LogP contribution in [0.2, 0.25) is 0 Å². The van der Waals surface area contributed by atoms with Crippen molar-refractivity contribution < 1.29 is 24.8 Å². The molecule has 0 aromatic rings. The smallest absolute Gasteiger partial charge is 0.186 e. The van der Waals surface area contributed by atoms with Gasteiger partial charge in [-0.1, -0.05) is 6.92 Å². The molecule has 0 bridgehead atoms. The quantitative estimate of drug-likeness (QED) is 0.445. The lowest BCUT2D eigenvalue weighted by Crippen LogP contribution is -2.60. The highest BCUT2D eigenvalue weighted by Crippen LogP contribution is 2.21. The normalized spacial score (nSPS) is 41.8. The van der Waals surface area contributed by atoms with E-state index in [1.165, 1.54) is 0 Å². The van der Waals surface area contributed by atoms with E-state index in [4.69, 9.17) is 15.2 Å². The van der Waals surface area contributed by atoms with Crippen LogP contribution in [0.3, 0.4) is 0 Å². The number of aliphatic hydroxyl groups is 3. The lowest BCUT2D eigenvalue weighted by Gasteiger charge is -2.39. The van der Waals surface area contributed by atoms with Gasteiger partial charge in [0.25, 0.3) is 0 Å². The molecule has 1 saturated heterocycles. The van der Waals surface area contributed by atoms with Crippen LogP contribution in [0.4, 0.5) is 0 Å². The van der Waals surface area contributed by atoms with Crippen molar-refractivity contribution in [1.29, 1.82) is 0 Å². The van der Waals surface area contributed by atoms with E-state index in [1.54, 1.807) is 0 Å². The van der Waals surface area contributed by atoms with Crippen LogP contribution < -0.4 is 5.73 Å². The van der Waals surface area contributed by atoms with E-state index in [0.29, 0.717) is 6.61 Å². The first kappa shape index (κ1) is 12.8.